The van der Waals surface area contributed by atoms with Gasteiger partial charge in [-0.2, -0.15) is 11.8 Å². The lowest BCUT2D eigenvalue weighted by molar-refractivity contribution is 0.563. The molecule has 2 rings (SSSR count). The minimum Gasteiger partial charge on any atom is -0.372 e. The van der Waals surface area contributed by atoms with Crippen molar-refractivity contribution in [3.8, 4) is 0 Å². The van der Waals surface area contributed by atoms with E-state index < -0.39 is 10.0 Å². The fourth-order valence-electron chi connectivity index (χ4n) is 1.71. The molecular formula is C10H15N3O2S2. The molecule has 0 aliphatic carbocycles. The van der Waals surface area contributed by atoms with E-state index in [0.717, 1.165) is 17.9 Å². The number of hydrogen-bond donors (Lipinski definition) is 2. The van der Waals surface area contributed by atoms with Crippen LogP contribution in [0.25, 0.3) is 0 Å². The lowest BCUT2D eigenvalue weighted by Gasteiger charge is -2.13. The average Bonchev–Trinajstić information content (AvgIpc) is 2.81. The summed E-state index contributed by atoms with van der Waals surface area (Å²) in [6, 6.07) is 3.22. The third-order valence-electron chi connectivity index (χ3n) is 2.55. The van der Waals surface area contributed by atoms with Crippen LogP contribution in [-0.2, 0) is 10.0 Å². The number of hydrogen-bond acceptors (Lipinski definition) is 5. The Hall–Kier alpha value is -0.790. The molecule has 1 aliphatic rings. The number of anilines is 1. The summed E-state index contributed by atoms with van der Waals surface area (Å²) in [7, 11) is -1.82. The van der Waals surface area contributed by atoms with Gasteiger partial charge in [-0.1, -0.05) is 0 Å². The second kappa shape index (κ2) is 5.24. The first kappa shape index (κ1) is 12.7. The quantitative estimate of drug-likeness (QED) is 0.853. The number of aromatic nitrogens is 1. The lowest BCUT2D eigenvalue weighted by Crippen LogP contribution is -2.35. The Labute approximate surface area is 105 Å². The van der Waals surface area contributed by atoms with E-state index in [-0.39, 0.29) is 10.9 Å². The molecule has 0 radical (unpaired) electrons. The Morgan fingerprint density at radius 1 is 1.53 bits per heavy atom. The number of pyridine rings is 1. The van der Waals surface area contributed by atoms with Crippen molar-refractivity contribution in [2.75, 3.05) is 23.9 Å². The Kier molecular flexibility index (Phi) is 3.90. The maximum Gasteiger partial charge on any atom is 0.244 e. The molecule has 1 aliphatic heterocycles. The van der Waals surface area contributed by atoms with Crippen molar-refractivity contribution in [2.45, 2.75) is 17.4 Å². The smallest absolute Gasteiger partial charge is 0.244 e. The van der Waals surface area contributed by atoms with Crippen molar-refractivity contribution in [3.05, 3.63) is 18.3 Å². The first-order valence-electron chi connectivity index (χ1n) is 5.36. The van der Waals surface area contributed by atoms with E-state index in [0.29, 0.717) is 5.82 Å². The van der Waals surface area contributed by atoms with Crippen LogP contribution >= 0.6 is 11.8 Å². The standard InChI is InChI=1S/C10H15N3O2S2/c1-11-10-9(3-2-5-12-10)17(14,15)13-8-4-6-16-7-8/h2-3,5,8,13H,4,6-7H2,1H3,(H,11,12). The van der Waals surface area contributed by atoms with Gasteiger partial charge in [0.25, 0.3) is 0 Å². The molecule has 2 heterocycles. The zero-order chi connectivity index (χ0) is 12.3. The number of nitrogens with zero attached hydrogens (tertiary/aromatic N) is 1. The molecule has 1 saturated heterocycles. The number of rotatable bonds is 4. The zero-order valence-electron chi connectivity index (χ0n) is 9.51. The molecule has 17 heavy (non-hydrogen) atoms. The van der Waals surface area contributed by atoms with Crippen LogP contribution in [0.15, 0.2) is 23.2 Å². The highest BCUT2D eigenvalue weighted by atomic mass is 32.2. The molecule has 1 unspecified atom stereocenters. The molecule has 0 amide bonds. The summed E-state index contributed by atoms with van der Waals surface area (Å²) in [6.45, 7) is 0. The van der Waals surface area contributed by atoms with Gasteiger partial charge >= 0.3 is 0 Å². The average molecular weight is 273 g/mol. The highest BCUT2D eigenvalue weighted by molar-refractivity contribution is 7.99. The topological polar surface area (TPSA) is 71.1 Å². The second-order valence-corrected chi connectivity index (χ2v) is 6.61. The normalized spacial score (nSPS) is 20.4. The largest absolute Gasteiger partial charge is 0.372 e. The Morgan fingerprint density at radius 2 is 2.35 bits per heavy atom. The number of nitrogens with one attached hydrogen (secondary N) is 2. The molecule has 1 atom stereocenters. The van der Waals surface area contributed by atoms with E-state index in [1.54, 1.807) is 37.1 Å². The lowest BCUT2D eigenvalue weighted by atomic mass is 10.3. The highest BCUT2D eigenvalue weighted by Crippen LogP contribution is 2.22. The maximum absolute atomic E-state index is 12.2. The molecule has 1 aromatic rings. The first-order chi connectivity index (χ1) is 8.13. The summed E-state index contributed by atoms with van der Waals surface area (Å²) in [5.41, 5.74) is 0. The fourth-order valence-corrected chi connectivity index (χ4v) is 4.40. The fraction of sp³-hybridized carbons (Fsp3) is 0.500. The molecule has 2 N–H and O–H groups in total. The summed E-state index contributed by atoms with van der Waals surface area (Å²) in [5, 5.41) is 2.79. The molecule has 0 aromatic carbocycles. The van der Waals surface area contributed by atoms with Crippen molar-refractivity contribution in [2.24, 2.45) is 0 Å². The van der Waals surface area contributed by atoms with E-state index >= 15 is 0 Å². The van der Waals surface area contributed by atoms with Crippen molar-refractivity contribution >= 4 is 27.6 Å². The van der Waals surface area contributed by atoms with Crippen LogP contribution in [0.3, 0.4) is 0 Å². The predicted molar refractivity (Wildman–Crippen MR) is 69.8 cm³/mol. The van der Waals surface area contributed by atoms with Gasteiger partial charge in [0.2, 0.25) is 10.0 Å². The van der Waals surface area contributed by atoms with Crippen molar-refractivity contribution < 1.29 is 8.42 Å². The van der Waals surface area contributed by atoms with Gasteiger partial charge in [-0.25, -0.2) is 18.1 Å². The van der Waals surface area contributed by atoms with Crippen LogP contribution < -0.4 is 10.0 Å². The van der Waals surface area contributed by atoms with Gasteiger partial charge in [0.05, 0.1) is 0 Å². The van der Waals surface area contributed by atoms with Crippen molar-refractivity contribution in [1.82, 2.24) is 9.71 Å². The van der Waals surface area contributed by atoms with Gasteiger partial charge in [0, 0.05) is 25.0 Å². The van der Waals surface area contributed by atoms with E-state index in [1.165, 1.54) is 0 Å². The minimum atomic E-state index is -3.47. The monoisotopic (exact) mass is 273 g/mol. The van der Waals surface area contributed by atoms with Crippen LogP contribution in [-0.4, -0.2) is 38.0 Å². The highest BCUT2D eigenvalue weighted by Gasteiger charge is 2.25. The molecule has 0 bridgehead atoms. The Bertz CT molecular complexity index is 484. The third-order valence-corrected chi connectivity index (χ3v) is 5.26. The molecule has 7 heteroatoms. The maximum atomic E-state index is 12.2. The van der Waals surface area contributed by atoms with Gasteiger partial charge in [-0.15, -0.1) is 0 Å². The summed E-state index contributed by atoms with van der Waals surface area (Å²) < 4.78 is 27.1. The van der Waals surface area contributed by atoms with E-state index in [1.807, 2.05) is 0 Å². The van der Waals surface area contributed by atoms with E-state index in [4.69, 9.17) is 0 Å². The van der Waals surface area contributed by atoms with Crippen LogP contribution in [0, 0.1) is 0 Å². The minimum absolute atomic E-state index is 0.0370. The van der Waals surface area contributed by atoms with Crippen LogP contribution in [0.2, 0.25) is 0 Å². The molecule has 0 saturated carbocycles. The Balaban J connectivity index is 2.24. The summed E-state index contributed by atoms with van der Waals surface area (Å²) in [6.07, 6.45) is 2.45. The number of sulfonamides is 1. The Morgan fingerprint density at radius 3 is 3.00 bits per heavy atom. The molecule has 94 valence electrons. The van der Waals surface area contributed by atoms with Gasteiger partial charge < -0.3 is 5.32 Å². The third kappa shape index (κ3) is 2.91. The van der Waals surface area contributed by atoms with Gasteiger partial charge in [0.1, 0.15) is 10.7 Å². The number of thioether (sulfide) groups is 1. The van der Waals surface area contributed by atoms with Crippen LogP contribution in [0.1, 0.15) is 6.42 Å². The molecule has 1 aromatic heterocycles. The van der Waals surface area contributed by atoms with Gasteiger partial charge in [-0.05, 0) is 24.3 Å². The molecule has 0 spiro atoms. The molecular weight excluding hydrogens is 258 g/mol. The van der Waals surface area contributed by atoms with Crippen molar-refractivity contribution in [1.29, 1.82) is 0 Å². The van der Waals surface area contributed by atoms with E-state index in [9.17, 15) is 8.42 Å². The molecule has 1 fully saturated rings. The van der Waals surface area contributed by atoms with Gasteiger partial charge in [0.15, 0.2) is 0 Å². The zero-order valence-corrected chi connectivity index (χ0v) is 11.1. The summed E-state index contributed by atoms with van der Waals surface area (Å²) in [5.74, 6) is 2.23. The SMILES string of the molecule is CNc1ncccc1S(=O)(=O)NC1CCSC1. The van der Waals surface area contributed by atoms with Crippen LogP contribution in [0.5, 0.6) is 0 Å². The van der Waals surface area contributed by atoms with E-state index in [2.05, 4.69) is 15.0 Å². The second-order valence-electron chi connectivity index (χ2n) is 3.78. The van der Waals surface area contributed by atoms with Gasteiger partial charge in [-0.3, -0.25) is 0 Å². The predicted octanol–water partition coefficient (Wildman–Crippen LogP) is 0.907. The first-order valence-corrected chi connectivity index (χ1v) is 8.00. The summed E-state index contributed by atoms with van der Waals surface area (Å²) in [4.78, 5) is 4.21. The van der Waals surface area contributed by atoms with Crippen molar-refractivity contribution in [3.63, 3.8) is 0 Å². The molecule has 5 nitrogen and oxygen atoms in total. The van der Waals surface area contributed by atoms with Crippen LogP contribution in [0.4, 0.5) is 5.82 Å². The summed E-state index contributed by atoms with van der Waals surface area (Å²) >= 11 is 1.77.